The van der Waals surface area contributed by atoms with Crippen LogP contribution < -0.4 is 0 Å². The first-order valence-electron chi connectivity index (χ1n) is 15.1. The van der Waals surface area contributed by atoms with Gasteiger partial charge in [-0.25, -0.2) is 0 Å². The lowest BCUT2D eigenvalue weighted by Gasteiger charge is -2.10. The summed E-state index contributed by atoms with van der Waals surface area (Å²) in [7, 11) is 0. The summed E-state index contributed by atoms with van der Waals surface area (Å²) in [5.41, 5.74) is 10.9. The van der Waals surface area contributed by atoms with Gasteiger partial charge in [-0.1, -0.05) is 109 Å². The molecular formula is C42H28N2. The highest BCUT2D eigenvalue weighted by Gasteiger charge is 2.16. The average molecular weight is 561 g/mol. The molecule has 2 aromatic heterocycles. The normalized spacial score (nSPS) is 11.6. The zero-order valence-corrected chi connectivity index (χ0v) is 24.1. The maximum absolute atomic E-state index is 2.42. The van der Waals surface area contributed by atoms with Gasteiger partial charge in [-0.15, -0.1) is 0 Å². The fourth-order valence-corrected chi connectivity index (χ4v) is 6.82. The molecule has 7 aromatic carbocycles. The van der Waals surface area contributed by atoms with E-state index in [0.717, 1.165) is 5.69 Å². The van der Waals surface area contributed by atoms with Gasteiger partial charge in [-0.05, 0) is 82.2 Å². The monoisotopic (exact) mass is 560 g/mol. The molecule has 2 heterocycles. The molecule has 0 saturated carbocycles. The summed E-state index contributed by atoms with van der Waals surface area (Å²) in [6.07, 6.45) is 2.18. The fourth-order valence-electron chi connectivity index (χ4n) is 6.82. The van der Waals surface area contributed by atoms with Gasteiger partial charge in [0.1, 0.15) is 0 Å². The van der Waals surface area contributed by atoms with Crippen LogP contribution in [-0.2, 0) is 0 Å². The maximum atomic E-state index is 2.42. The van der Waals surface area contributed by atoms with Gasteiger partial charge in [0, 0.05) is 39.1 Å². The third-order valence-electron chi connectivity index (χ3n) is 8.92. The topological polar surface area (TPSA) is 9.86 Å². The van der Waals surface area contributed by atoms with Crippen molar-refractivity contribution < 1.29 is 0 Å². The van der Waals surface area contributed by atoms with Gasteiger partial charge >= 0.3 is 0 Å². The van der Waals surface area contributed by atoms with E-state index in [0.29, 0.717) is 0 Å². The molecule has 0 aliphatic rings. The van der Waals surface area contributed by atoms with Gasteiger partial charge in [0.2, 0.25) is 0 Å². The zero-order chi connectivity index (χ0) is 29.0. The van der Waals surface area contributed by atoms with E-state index in [4.69, 9.17) is 0 Å². The van der Waals surface area contributed by atoms with Crippen LogP contribution in [0, 0.1) is 0 Å². The van der Waals surface area contributed by atoms with Gasteiger partial charge < -0.3 is 9.13 Å². The molecule has 9 rings (SSSR count). The highest BCUT2D eigenvalue weighted by Crippen LogP contribution is 2.39. The molecule has 44 heavy (non-hydrogen) atoms. The van der Waals surface area contributed by atoms with Gasteiger partial charge in [-0.3, -0.25) is 0 Å². The predicted molar refractivity (Wildman–Crippen MR) is 186 cm³/mol. The molecule has 0 amide bonds. The van der Waals surface area contributed by atoms with Crippen molar-refractivity contribution in [1.29, 1.82) is 0 Å². The number of aromatic nitrogens is 2. The molecular weight excluding hydrogens is 532 g/mol. The minimum absolute atomic E-state index is 1.16. The number of nitrogens with zero attached hydrogens (tertiary/aromatic N) is 2. The van der Waals surface area contributed by atoms with Gasteiger partial charge in [0.15, 0.2) is 0 Å². The van der Waals surface area contributed by atoms with Crippen LogP contribution in [0.4, 0.5) is 0 Å². The summed E-state index contributed by atoms with van der Waals surface area (Å²) in [6.45, 7) is 0. The number of rotatable bonds is 4. The van der Waals surface area contributed by atoms with Crippen LogP contribution in [0.5, 0.6) is 0 Å². The molecule has 9 aromatic rings. The first kappa shape index (κ1) is 24.7. The smallest absolute Gasteiger partial charge is 0.0619 e. The Balaban J connectivity index is 1.18. The Labute approximate surface area is 255 Å². The minimum atomic E-state index is 1.16. The molecule has 0 atom stereocenters. The highest BCUT2D eigenvalue weighted by molar-refractivity contribution is 6.19. The second-order valence-corrected chi connectivity index (χ2v) is 11.5. The molecule has 0 bridgehead atoms. The van der Waals surface area contributed by atoms with Crippen LogP contribution >= 0.6 is 0 Å². The van der Waals surface area contributed by atoms with Crippen LogP contribution in [-0.4, -0.2) is 9.13 Å². The van der Waals surface area contributed by atoms with E-state index < -0.39 is 0 Å². The molecule has 0 fully saturated rings. The van der Waals surface area contributed by atoms with E-state index in [1.165, 1.54) is 71.4 Å². The zero-order valence-electron chi connectivity index (χ0n) is 24.1. The van der Waals surface area contributed by atoms with Crippen molar-refractivity contribution in [2.24, 2.45) is 0 Å². The van der Waals surface area contributed by atoms with Crippen molar-refractivity contribution in [3.63, 3.8) is 0 Å². The lowest BCUT2D eigenvalue weighted by atomic mass is 10.0. The van der Waals surface area contributed by atoms with Crippen LogP contribution in [0.1, 0.15) is 0 Å². The number of hydrogen-bond acceptors (Lipinski definition) is 0. The summed E-state index contributed by atoms with van der Waals surface area (Å²) >= 11 is 0. The molecule has 0 spiro atoms. The quantitative estimate of drug-likeness (QED) is 0.203. The van der Waals surface area contributed by atoms with E-state index in [2.05, 4.69) is 179 Å². The SMILES string of the molecule is c1ccc(-c2cccc(-n3ccc4cc(-c5ccc6c(c5)c5ccc7ccccc7c5n6-c5ccccc5)ccc43)c2)cc1. The Morgan fingerprint density at radius 2 is 1.02 bits per heavy atom. The van der Waals surface area contributed by atoms with Crippen LogP contribution in [0.25, 0.3) is 77.1 Å². The molecule has 0 aliphatic carbocycles. The second kappa shape index (κ2) is 9.86. The standard InChI is InChI=1S/C42H28N2/c1-3-10-29(11-4-1)31-13-9-16-36(27-31)43-25-24-34-26-32(19-22-40(34)43)33-20-23-41-39(28-33)38-21-18-30-12-7-8-17-37(30)42(38)44(41)35-14-5-2-6-15-35/h1-28H. The molecule has 2 nitrogen and oxygen atoms in total. The van der Waals surface area contributed by atoms with Crippen LogP contribution in [0.15, 0.2) is 170 Å². The molecule has 0 aliphatic heterocycles. The summed E-state index contributed by atoms with van der Waals surface area (Å²) in [5.74, 6) is 0. The Hall–Kier alpha value is -5.86. The van der Waals surface area contributed by atoms with E-state index in [-0.39, 0.29) is 0 Å². The van der Waals surface area contributed by atoms with E-state index in [9.17, 15) is 0 Å². The maximum Gasteiger partial charge on any atom is 0.0619 e. The number of hydrogen-bond donors (Lipinski definition) is 0. The number of fused-ring (bicyclic) bond motifs is 6. The molecule has 206 valence electrons. The largest absolute Gasteiger partial charge is 0.317 e. The van der Waals surface area contributed by atoms with Crippen LogP contribution in [0.2, 0.25) is 0 Å². The van der Waals surface area contributed by atoms with Crippen molar-refractivity contribution in [3.8, 4) is 33.6 Å². The summed E-state index contributed by atoms with van der Waals surface area (Å²) in [5, 5.41) is 6.29. The third-order valence-corrected chi connectivity index (χ3v) is 8.92. The molecule has 0 saturated heterocycles. The highest BCUT2D eigenvalue weighted by atomic mass is 15.0. The summed E-state index contributed by atoms with van der Waals surface area (Å²) in [4.78, 5) is 0. The first-order valence-corrected chi connectivity index (χ1v) is 15.1. The van der Waals surface area contributed by atoms with E-state index in [1.54, 1.807) is 0 Å². The van der Waals surface area contributed by atoms with Crippen LogP contribution in [0.3, 0.4) is 0 Å². The second-order valence-electron chi connectivity index (χ2n) is 11.5. The predicted octanol–water partition coefficient (Wildman–Crippen LogP) is 11.2. The molecule has 2 heteroatoms. The number of para-hydroxylation sites is 1. The average Bonchev–Trinajstić information content (AvgIpc) is 3.68. The molecule has 0 N–H and O–H groups in total. The lowest BCUT2D eigenvalue weighted by Crippen LogP contribution is -1.94. The minimum Gasteiger partial charge on any atom is -0.317 e. The first-order chi connectivity index (χ1) is 21.8. The van der Waals surface area contributed by atoms with Gasteiger partial charge in [0.05, 0.1) is 16.6 Å². The Bertz CT molecular complexity index is 2480. The summed E-state index contributed by atoms with van der Waals surface area (Å²) in [6, 6.07) is 59.3. The van der Waals surface area contributed by atoms with E-state index in [1.807, 2.05) is 0 Å². The van der Waals surface area contributed by atoms with Gasteiger partial charge in [-0.2, -0.15) is 0 Å². The van der Waals surface area contributed by atoms with E-state index >= 15 is 0 Å². The lowest BCUT2D eigenvalue weighted by molar-refractivity contribution is 1.13. The van der Waals surface area contributed by atoms with Crippen molar-refractivity contribution in [2.75, 3.05) is 0 Å². The third kappa shape index (κ3) is 3.89. The fraction of sp³-hybridized carbons (Fsp3) is 0. The summed E-state index contributed by atoms with van der Waals surface area (Å²) < 4.78 is 4.71. The Kier molecular flexibility index (Phi) is 5.54. The van der Waals surface area contributed by atoms with Crippen molar-refractivity contribution in [3.05, 3.63) is 170 Å². The molecule has 0 radical (unpaired) electrons. The molecule has 0 unspecified atom stereocenters. The van der Waals surface area contributed by atoms with Crippen molar-refractivity contribution in [2.45, 2.75) is 0 Å². The van der Waals surface area contributed by atoms with Gasteiger partial charge in [0.25, 0.3) is 0 Å². The van der Waals surface area contributed by atoms with Crippen molar-refractivity contribution >= 4 is 43.5 Å². The number of benzene rings is 7. The van der Waals surface area contributed by atoms with Crippen molar-refractivity contribution in [1.82, 2.24) is 9.13 Å². The Morgan fingerprint density at radius 3 is 1.89 bits per heavy atom. The Morgan fingerprint density at radius 1 is 0.341 bits per heavy atom.